The van der Waals surface area contributed by atoms with Crippen molar-refractivity contribution in [3.05, 3.63) is 54.4 Å². The van der Waals surface area contributed by atoms with Crippen molar-refractivity contribution in [2.75, 3.05) is 11.1 Å². The smallest absolute Gasteiger partial charge is 0.234 e. The van der Waals surface area contributed by atoms with Crippen LogP contribution in [-0.4, -0.2) is 46.5 Å². The number of fused-ring (bicyclic) bond motifs is 1. The zero-order chi connectivity index (χ0) is 19.5. The fourth-order valence-electron chi connectivity index (χ4n) is 2.69. The first-order chi connectivity index (χ1) is 13.6. The largest absolute Gasteiger partial charge is 0.508 e. The number of thioether (sulfide) groups is 1. The van der Waals surface area contributed by atoms with E-state index < -0.39 is 0 Å². The number of amides is 1. The molecule has 4 rings (SSSR count). The Morgan fingerprint density at radius 3 is 2.86 bits per heavy atom. The number of hydrogen-bond acceptors (Lipinski definition) is 7. The number of phenolic OH excluding ortho intramolecular Hbond substituents is 1. The molecule has 0 saturated carbocycles. The number of carbonyl (C=O) groups excluding carboxylic acids is 1. The Kier molecular flexibility index (Phi) is 4.94. The first-order valence-electron chi connectivity index (χ1n) is 8.48. The lowest BCUT2D eigenvalue weighted by Gasteiger charge is -2.06. The van der Waals surface area contributed by atoms with Gasteiger partial charge in [-0.1, -0.05) is 35.2 Å². The number of nitrogens with zero attached hydrogens (tertiary/aromatic N) is 6. The fraction of sp³-hybridized carbons (Fsp3) is 0.167. The molecule has 4 aromatic rings. The average Bonchev–Trinajstić information content (AvgIpc) is 3.25. The Morgan fingerprint density at radius 1 is 1.14 bits per heavy atom. The zero-order valence-electron chi connectivity index (χ0n) is 15.0. The Hall–Kier alpha value is -3.40. The molecule has 2 heterocycles. The van der Waals surface area contributed by atoms with Crippen molar-refractivity contribution in [3.63, 3.8) is 0 Å². The summed E-state index contributed by atoms with van der Waals surface area (Å²) in [5.74, 6) is 0.798. The first-order valence-corrected chi connectivity index (χ1v) is 9.47. The number of hydrogen-bond donors (Lipinski definition) is 2. The summed E-state index contributed by atoms with van der Waals surface area (Å²) >= 11 is 1.29. The number of aromatic hydroxyl groups is 1. The van der Waals surface area contributed by atoms with E-state index in [0.29, 0.717) is 23.2 Å². The summed E-state index contributed by atoms with van der Waals surface area (Å²) in [6.45, 7) is 0.431. The highest BCUT2D eigenvalue weighted by molar-refractivity contribution is 7.99. The van der Waals surface area contributed by atoms with E-state index in [-0.39, 0.29) is 17.4 Å². The van der Waals surface area contributed by atoms with Crippen LogP contribution in [0.2, 0.25) is 0 Å². The minimum atomic E-state index is -0.192. The molecular formula is C18H17N7O2S. The van der Waals surface area contributed by atoms with E-state index in [0.717, 1.165) is 11.0 Å². The summed E-state index contributed by atoms with van der Waals surface area (Å²) in [5, 5.41) is 29.5. The molecule has 10 heteroatoms. The number of rotatable bonds is 6. The molecule has 0 fully saturated rings. The fourth-order valence-corrected chi connectivity index (χ4v) is 3.42. The van der Waals surface area contributed by atoms with E-state index in [4.69, 9.17) is 0 Å². The predicted molar refractivity (Wildman–Crippen MR) is 105 cm³/mol. The normalized spacial score (nSPS) is 11.0. The summed E-state index contributed by atoms with van der Waals surface area (Å²) in [6.07, 6.45) is 0. The Morgan fingerprint density at radius 2 is 2.00 bits per heavy atom. The van der Waals surface area contributed by atoms with Crippen LogP contribution >= 0.6 is 11.8 Å². The molecule has 0 saturated heterocycles. The Bertz CT molecular complexity index is 1140. The molecule has 0 aliphatic heterocycles. The minimum Gasteiger partial charge on any atom is -0.508 e. The van der Waals surface area contributed by atoms with Gasteiger partial charge < -0.3 is 15.0 Å². The van der Waals surface area contributed by atoms with Crippen LogP contribution < -0.4 is 5.32 Å². The summed E-state index contributed by atoms with van der Waals surface area (Å²) in [5.41, 5.74) is 2.29. The highest BCUT2D eigenvalue weighted by Gasteiger charge is 2.14. The molecule has 2 N–H and O–H groups in total. The van der Waals surface area contributed by atoms with Gasteiger partial charge in [-0.15, -0.1) is 15.3 Å². The molecule has 0 radical (unpaired) electrons. The maximum absolute atomic E-state index is 12.1. The monoisotopic (exact) mass is 395 g/mol. The number of phenols is 1. The van der Waals surface area contributed by atoms with E-state index in [9.17, 15) is 9.90 Å². The third-order valence-corrected chi connectivity index (χ3v) is 5.12. The SMILES string of the molecule is Cn1c(Cn2nnc3ccccc32)nnc1SCC(=O)Nc1cccc(O)c1. The molecule has 0 aliphatic carbocycles. The lowest BCUT2D eigenvalue weighted by atomic mass is 10.3. The topological polar surface area (TPSA) is 111 Å². The first kappa shape index (κ1) is 18.0. The Labute approximate surface area is 164 Å². The zero-order valence-corrected chi connectivity index (χ0v) is 15.8. The van der Waals surface area contributed by atoms with E-state index in [1.807, 2.05) is 35.9 Å². The van der Waals surface area contributed by atoms with E-state index in [1.165, 1.54) is 17.8 Å². The molecule has 1 amide bonds. The average molecular weight is 395 g/mol. The van der Waals surface area contributed by atoms with Crippen LogP contribution in [0.4, 0.5) is 5.69 Å². The maximum atomic E-state index is 12.1. The van der Waals surface area contributed by atoms with Crippen molar-refractivity contribution in [2.24, 2.45) is 7.05 Å². The van der Waals surface area contributed by atoms with Gasteiger partial charge in [-0.3, -0.25) is 4.79 Å². The summed E-state index contributed by atoms with van der Waals surface area (Å²) in [7, 11) is 1.85. The molecule has 28 heavy (non-hydrogen) atoms. The van der Waals surface area contributed by atoms with Crippen molar-refractivity contribution in [1.29, 1.82) is 0 Å². The molecule has 142 valence electrons. The summed E-state index contributed by atoms with van der Waals surface area (Å²) in [6, 6.07) is 14.1. The van der Waals surface area contributed by atoms with Crippen LogP contribution in [0, 0.1) is 0 Å². The van der Waals surface area contributed by atoms with Gasteiger partial charge in [-0.2, -0.15) is 0 Å². The van der Waals surface area contributed by atoms with E-state index >= 15 is 0 Å². The molecular weight excluding hydrogens is 378 g/mol. The summed E-state index contributed by atoms with van der Waals surface area (Å²) in [4.78, 5) is 12.1. The van der Waals surface area contributed by atoms with E-state index in [2.05, 4.69) is 25.8 Å². The third-order valence-electron chi connectivity index (χ3n) is 4.10. The number of aromatic nitrogens is 6. The number of anilines is 1. The second-order valence-corrected chi connectivity index (χ2v) is 7.02. The quantitative estimate of drug-likeness (QED) is 0.481. The number of para-hydroxylation sites is 1. The number of benzene rings is 2. The van der Waals surface area contributed by atoms with Crippen LogP contribution in [0.25, 0.3) is 11.0 Å². The number of nitrogens with one attached hydrogen (secondary N) is 1. The van der Waals surface area contributed by atoms with Crippen LogP contribution in [-0.2, 0) is 18.4 Å². The standard InChI is InChI=1S/C18H17N7O2S/c1-24-16(10-25-15-8-3-2-7-14(15)20-23-25)21-22-18(24)28-11-17(27)19-12-5-4-6-13(26)9-12/h2-9,26H,10-11H2,1H3,(H,19,27). The molecule has 0 aliphatic rings. The van der Waals surface area contributed by atoms with Crippen molar-refractivity contribution in [1.82, 2.24) is 29.8 Å². The van der Waals surface area contributed by atoms with Crippen molar-refractivity contribution in [3.8, 4) is 5.75 Å². The van der Waals surface area contributed by atoms with Crippen molar-refractivity contribution >= 4 is 34.4 Å². The van der Waals surface area contributed by atoms with E-state index in [1.54, 1.807) is 22.9 Å². The van der Waals surface area contributed by atoms with Crippen LogP contribution in [0.3, 0.4) is 0 Å². The van der Waals surface area contributed by atoms with Gasteiger partial charge in [-0.25, -0.2) is 4.68 Å². The molecule has 0 spiro atoms. The predicted octanol–water partition coefficient (Wildman–Crippen LogP) is 2.04. The van der Waals surface area contributed by atoms with Gasteiger partial charge in [0.25, 0.3) is 0 Å². The molecule has 2 aromatic heterocycles. The summed E-state index contributed by atoms with van der Waals surface area (Å²) < 4.78 is 3.60. The minimum absolute atomic E-state index is 0.101. The van der Waals surface area contributed by atoms with Crippen LogP contribution in [0.15, 0.2) is 53.7 Å². The van der Waals surface area contributed by atoms with Gasteiger partial charge in [-0.05, 0) is 24.3 Å². The molecule has 9 nitrogen and oxygen atoms in total. The van der Waals surface area contributed by atoms with Gasteiger partial charge in [0.15, 0.2) is 11.0 Å². The van der Waals surface area contributed by atoms with Gasteiger partial charge in [0.05, 0.1) is 11.3 Å². The van der Waals surface area contributed by atoms with Gasteiger partial charge >= 0.3 is 0 Å². The molecule has 0 unspecified atom stereocenters. The Balaban J connectivity index is 1.40. The van der Waals surface area contributed by atoms with Crippen molar-refractivity contribution in [2.45, 2.75) is 11.7 Å². The molecule has 0 atom stereocenters. The van der Waals surface area contributed by atoms with Crippen LogP contribution in [0.5, 0.6) is 5.75 Å². The van der Waals surface area contributed by atoms with Gasteiger partial charge in [0.1, 0.15) is 17.8 Å². The van der Waals surface area contributed by atoms with Crippen LogP contribution in [0.1, 0.15) is 5.82 Å². The highest BCUT2D eigenvalue weighted by Crippen LogP contribution is 2.19. The van der Waals surface area contributed by atoms with Gasteiger partial charge in [0, 0.05) is 18.8 Å². The van der Waals surface area contributed by atoms with Gasteiger partial charge in [0.2, 0.25) is 5.91 Å². The molecule has 2 aromatic carbocycles. The third kappa shape index (κ3) is 3.81. The highest BCUT2D eigenvalue weighted by atomic mass is 32.2. The maximum Gasteiger partial charge on any atom is 0.234 e. The number of carbonyl (C=O) groups is 1. The van der Waals surface area contributed by atoms with Crippen molar-refractivity contribution < 1.29 is 9.90 Å². The second-order valence-electron chi connectivity index (χ2n) is 6.08. The second kappa shape index (κ2) is 7.69. The molecule has 0 bridgehead atoms. The lowest BCUT2D eigenvalue weighted by molar-refractivity contribution is -0.113. The lowest BCUT2D eigenvalue weighted by Crippen LogP contribution is -2.14.